The molecule has 1 aliphatic heterocycles. The summed E-state index contributed by atoms with van der Waals surface area (Å²) in [6.07, 6.45) is 4.08. The number of fused-ring (bicyclic) bond motifs is 2. The highest BCUT2D eigenvalue weighted by atomic mass is 32.1. The van der Waals surface area contributed by atoms with E-state index in [9.17, 15) is 4.39 Å². The molecule has 0 unspecified atom stereocenters. The first kappa shape index (κ1) is 17.1. The van der Waals surface area contributed by atoms with Gasteiger partial charge in [-0.2, -0.15) is 4.39 Å². The maximum Gasteiger partial charge on any atom is 0.215 e. The summed E-state index contributed by atoms with van der Waals surface area (Å²) in [7, 11) is 0. The minimum atomic E-state index is -0.438. The smallest absolute Gasteiger partial charge is 0.215 e. The Labute approximate surface area is 165 Å². The molecule has 0 amide bonds. The average molecular weight is 392 g/mol. The standard InChI is InChI=1S/C21H17FN4OS/c1-12-6-15(10-23-20(12)22)18-8-16-19(28-18)21(26-11-25-16)24-9-13-2-3-17-14(7-13)4-5-27-17/h2-3,6-8,10-11H,4-5,9H2,1H3,(H,24,25,26). The second kappa shape index (κ2) is 6.83. The Bertz CT molecular complexity index is 1190. The molecule has 1 N–H and O–H groups in total. The largest absolute Gasteiger partial charge is 0.493 e. The quantitative estimate of drug-likeness (QED) is 0.508. The van der Waals surface area contributed by atoms with Crippen molar-refractivity contribution >= 4 is 27.4 Å². The molecular weight excluding hydrogens is 375 g/mol. The highest BCUT2D eigenvalue weighted by Gasteiger charge is 2.14. The Balaban J connectivity index is 1.43. The molecule has 0 atom stereocenters. The van der Waals surface area contributed by atoms with Gasteiger partial charge < -0.3 is 10.1 Å². The SMILES string of the molecule is Cc1cc(-c2cc3ncnc(NCc4ccc5c(c4)CCO5)c3s2)cnc1F. The molecule has 0 saturated carbocycles. The van der Waals surface area contributed by atoms with Gasteiger partial charge in [0.1, 0.15) is 17.9 Å². The van der Waals surface area contributed by atoms with Gasteiger partial charge in [0, 0.05) is 35.2 Å². The Morgan fingerprint density at radius 3 is 3.00 bits per heavy atom. The van der Waals surface area contributed by atoms with Gasteiger partial charge in [0.25, 0.3) is 0 Å². The van der Waals surface area contributed by atoms with Gasteiger partial charge in [-0.25, -0.2) is 15.0 Å². The highest BCUT2D eigenvalue weighted by Crippen LogP contribution is 2.36. The third kappa shape index (κ3) is 3.07. The number of aryl methyl sites for hydroxylation is 1. The summed E-state index contributed by atoms with van der Waals surface area (Å²) >= 11 is 1.58. The first-order valence-electron chi connectivity index (χ1n) is 9.03. The summed E-state index contributed by atoms with van der Waals surface area (Å²) in [6, 6.07) is 10.1. The monoisotopic (exact) mass is 392 g/mol. The number of nitrogens with zero attached hydrogens (tertiary/aromatic N) is 3. The summed E-state index contributed by atoms with van der Waals surface area (Å²) in [4.78, 5) is 13.6. The number of halogens is 1. The number of ether oxygens (including phenoxy) is 1. The van der Waals surface area contributed by atoms with Crippen LogP contribution in [0.4, 0.5) is 10.2 Å². The predicted octanol–water partition coefficient (Wildman–Crippen LogP) is 4.75. The van der Waals surface area contributed by atoms with Crippen molar-refractivity contribution < 1.29 is 9.13 Å². The van der Waals surface area contributed by atoms with Gasteiger partial charge in [0.05, 0.1) is 16.8 Å². The topological polar surface area (TPSA) is 59.9 Å². The van der Waals surface area contributed by atoms with Gasteiger partial charge in [-0.05, 0) is 36.2 Å². The molecule has 0 aliphatic carbocycles. The number of hydrogen-bond acceptors (Lipinski definition) is 6. The van der Waals surface area contributed by atoms with Crippen LogP contribution in [0.1, 0.15) is 16.7 Å². The van der Waals surface area contributed by atoms with Crippen molar-refractivity contribution in [3.05, 3.63) is 65.5 Å². The van der Waals surface area contributed by atoms with Gasteiger partial charge in [-0.15, -0.1) is 11.3 Å². The van der Waals surface area contributed by atoms with Gasteiger partial charge in [0.15, 0.2) is 0 Å². The molecule has 0 radical (unpaired) electrons. The summed E-state index contributed by atoms with van der Waals surface area (Å²) in [5.74, 6) is 1.34. The number of hydrogen-bond donors (Lipinski definition) is 1. The van der Waals surface area contributed by atoms with Gasteiger partial charge in [0.2, 0.25) is 5.95 Å². The normalized spacial score (nSPS) is 12.8. The number of benzene rings is 1. The number of nitrogens with one attached hydrogen (secondary N) is 1. The number of pyridine rings is 1. The van der Waals surface area contributed by atoms with Gasteiger partial charge >= 0.3 is 0 Å². The molecule has 0 spiro atoms. The molecule has 5 rings (SSSR count). The van der Waals surface area contributed by atoms with E-state index in [4.69, 9.17) is 4.74 Å². The molecule has 4 heterocycles. The van der Waals surface area contributed by atoms with Crippen LogP contribution >= 0.6 is 11.3 Å². The van der Waals surface area contributed by atoms with E-state index in [1.807, 2.05) is 12.1 Å². The van der Waals surface area contributed by atoms with Crippen LogP contribution in [-0.2, 0) is 13.0 Å². The summed E-state index contributed by atoms with van der Waals surface area (Å²) in [6.45, 7) is 3.14. The zero-order valence-electron chi connectivity index (χ0n) is 15.2. The zero-order chi connectivity index (χ0) is 19.1. The van der Waals surface area contributed by atoms with Crippen LogP contribution in [0.2, 0.25) is 0 Å². The molecule has 4 aromatic rings. The molecule has 28 heavy (non-hydrogen) atoms. The lowest BCUT2D eigenvalue weighted by Crippen LogP contribution is -2.02. The lowest BCUT2D eigenvalue weighted by atomic mass is 10.1. The second-order valence-corrected chi connectivity index (χ2v) is 7.83. The lowest BCUT2D eigenvalue weighted by molar-refractivity contribution is 0.357. The van der Waals surface area contributed by atoms with E-state index < -0.39 is 5.95 Å². The van der Waals surface area contributed by atoms with Crippen LogP contribution < -0.4 is 10.1 Å². The van der Waals surface area contributed by atoms with Crippen LogP contribution in [0.5, 0.6) is 5.75 Å². The van der Waals surface area contributed by atoms with Crippen LogP contribution in [0.15, 0.2) is 42.9 Å². The van der Waals surface area contributed by atoms with E-state index in [1.165, 1.54) is 11.1 Å². The molecule has 3 aromatic heterocycles. The maximum absolute atomic E-state index is 13.5. The number of anilines is 1. The fraction of sp³-hybridized carbons (Fsp3) is 0.190. The van der Waals surface area contributed by atoms with Gasteiger partial charge in [-0.1, -0.05) is 12.1 Å². The minimum absolute atomic E-state index is 0.438. The fourth-order valence-electron chi connectivity index (χ4n) is 3.35. The summed E-state index contributed by atoms with van der Waals surface area (Å²) in [5, 5.41) is 3.42. The van der Waals surface area contributed by atoms with Crippen molar-refractivity contribution in [1.82, 2.24) is 15.0 Å². The minimum Gasteiger partial charge on any atom is -0.493 e. The first-order valence-corrected chi connectivity index (χ1v) is 9.84. The number of rotatable bonds is 4. The van der Waals surface area contributed by atoms with Crippen molar-refractivity contribution in [3.63, 3.8) is 0 Å². The maximum atomic E-state index is 13.5. The number of thiophene rings is 1. The predicted molar refractivity (Wildman–Crippen MR) is 108 cm³/mol. The molecule has 7 heteroatoms. The molecule has 1 aromatic carbocycles. The highest BCUT2D eigenvalue weighted by molar-refractivity contribution is 7.22. The Morgan fingerprint density at radius 2 is 2.11 bits per heavy atom. The number of aromatic nitrogens is 3. The van der Waals surface area contributed by atoms with Crippen molar-refractivity contribution in [2.45, 2.75) is 19.9 Å². The second-order valence-electron chi connectivity index (χ2n) is 6.77. The Kier molecular flexibility index (Phi) is 4.16. The lowest BCUT2D eigenvalue weighted by Gasteiger charge is -2.07. The summed E-state index contributed by atoms with van der Waals surface area (Å²) < 4.78 is 20.0. The molecule has 1 aliphatic rings. The Morgan fingerprint density at radius 1 is 1.18 bits per heavy atom. The van der Waals surface area contributed by atoms with Crippen molar-refractivity contribution in [1.29, 1.82) is 0 Å². The molecule has 0 saturated heterocycles. The van der Waals surface area contributed by atoms with Crippen LogP contribution in [-0.4, -0.2) is 21.6 Å². The van der Waals surface area contributed by atoms with E-state index in [-0.39, 0.29) is 0 Å². The van der Waals surface area contributed by atoms with Crippen LogP contribution in [0.3, 0.4) is 0 Å². The van der Waals surface area contributed by atoms with E-state index in [1.54, 1.807) is 36.9 Å². The molecule has 140 valence electrons. The first-order chi connectivity index (χ1) is 13.7. The van der Waals surface area contributed by atoms with Gasteiger partial charge in [-0.3, -0.25) is 0 Å². The molecule has 0 bridgehead atoms. The third-order valence-electron chi connectivity index (χ3n) is 4.82. The molecular formula is C21H17FN4OS. The van der Waals surface area contributed by atoms with Crippen molar-refractivity contribution in [2.75, 3.05) is 11.9 Å². The zero-order valence-corrected chi connectivity index (χ0v) is 16.0. The average Bonchev–Trinajstić information content (AvgIpc) is 3.34. The molecule has 0 fully saturated rings. The van der Waals surface area contributed by atoms with E-state index in [2.05, 4.69) is 32.4 Å². The van der Waals surface area contributed by atoms with Crippen LogP contribution in [0.25, 0.3) is 20.7 Å². The summed E-state index contributed by atoms with van der Waals surface area (Å²) in [5.41, 5.74) is 4.71. The molecule has 5 nitrogen and oxygen atoms in total. The van der Waals surface area contributed by atoms with E-state index in [0.717, 1.165) is 45.3 Å². The van der Waals surface area contributed by atoms with E-state index >= 15 is 0 Å². The van der Waals surface area contributed by atoms with Crippen LogP contribution in [0, 0.1) is 12.9 Å². The van der Waals surface area contributed by atoms with Crippen molar-refractivity contribution in [2.24, 2.45) is 0 Å². The van der Waals surface area contributed by atoms with E-state index in [0.29, 0.717) is 12.1 Å². The third-order valence-corrected chi connectivity index (χ3v) is 6.00. The Hall–Kier alpha value is -3.06. The van der Waals surface area contributed by atoms with Crippen molar-refractivity contribution in [3.8, 4) is 16.2 Å². The fourth-order valence-corrected chi connectivity index (χ4v) is 4.41.